The van der Waals surface area contributed by atoms with Crippen LogP contribution in [0.25, 0.3) is 0 Å². The Morgan fingerprint density at radius 1 is 1.54 bits per heavy atom. The zero-order valence-corrected chi connectivity index (χ0v) is 7.78. The van der Waals surface area contributed by atoms with E-state index in [1.54, 1.807) is 0 Å². The Bertz CT molecular complexity index is 209. The van der Waals surface area contributed by atoms with Crippen molar-refractivity contribution in [2.75, 3.05) is 13.2 Å². The van der Waals surface area contributed by atoms with Gasteiger partial charge in [0.05, 0.1) is 13.2 Å². The van der Waals surface area contributed by atoms with Crippen molar-refractivity contribution in [3.05, 3.63) is 0 Å². The summed E-state index contributed by atoms with van der Waals surface area (Å²) in [5.41, 5.74) is 8.92. The Morgan fingerprint density at radius 3 is 2.46 bits per heavy atom. The predicted molar refractivity (Wildman–Crippen MR) is 48.3 cm³/mol. The number of carboxylic acid groups (broad SMARTS) is 1. The van der Waals surface area contributed by atoms with Crippen LogP contribution in [0.5, 0.6) is 0 Å². The average Bonchev–Trinajstić information content (AvgIpc) is 1.97. The molecular weight excluding hydrogens is 174 g/mol. The molecule has 0 bridgehead atoms. The maximum absolute atomic E-state index is 10.5. The number of hydrogen-bond donors (Lipinski definition) is 3. The highest BCUT2D eigenvalue weighted by Crippen LogP contribution is 2.08. The van der Waals surface area contributed by atoms with Crippen molar-refractivity contribution < 1.29 is 14.6 Å². The lowest BCUT2D eigenvalue weighted by Crippen LogP contribution is -2.35. The Kier molecular flexibility index (Phi) is 4.19. The molecule has 0 atom stereocenters. The molecular formula is C7H15N3O3. The first-order valence-corrected chi connectivity index (χ1v) is 3.79. The van der Waals surface area contributed by atoms with Crippen LogP contribution in [-0.4, -0.2) is 35.8 Å². The van der Waals surface area contributed by atoms with Crippen LogP contribution in [0, 0.1) is 0 Å². The number of aliphatic carboxylic acids is 1. The normalized spacial score (nSPS) is 10.9. The van der Waals surface area contributed by atoms with E-state index < -0.39 is 11.6 Å². The summed E-state index contributed by atoms with van der Waals surface area (Å²) in [7, 11) is 0. The largest absolute Gasteiger partial charge is 0.479 e. The van der Waals surface area contributed by atoms with Gasteiger partial charge in [-0.15, -0.1) is 0 Å². The zero-order chi connectivity index (χ0) is 10.5. The van der Waals surface area contributed by atoms with Crippen LogP contribution >= 0.6 is 0 Å². The predicted octanol–water partition coefficient (Wildman–Crippen LogP) is -0.860. The van der Waals surface area contributed by atoms with Crippen LogP contribution in [-0.2, 0) is 9.53 Å². The highest BCUT2D eigenvalue weighted by Gasteiger charge is 2.27. The van der Waals surface area contributed by atoms with Gasteiger partial charge in [-0.25, -0.2) is 4.79 Å². The van der Waals surface area contributed by atoms with Gasteiger partial charge in [0, 0.05) is 0 Å². The van der Waals surface area contributed by atoms with Gasteiger partial charge in [-0.3, -0.25) is 4.99 Å². The van der Waals surface area contributed by atoms with E-state index in [1.807, 2.05) is 0 Å². The van der Waals surface area contributed by atoms with Crippen LogP contribution in [0.1, 0.15) is 13.8 Å². The molecule has 0 rings (SSSR count). The fraction of sp³-hybridized carbons (Fsp3) is 0.714. The lowest BCUT2D eigenvalue weighted by molar-refractivity contribution is -0.160. The minimum absolute atomic E-state index is 0.0308. The van der Waals surface area contributed by atoms with Crippen molar-refractivity contribution in [1.82, 2.24) is 0 Å². The van der Waals surface area contributed by atoms with Crippen molar-refractivity contribution in [1.29, 1.82) is 0 Å². The van der Waals surface area contributed by atoms with E-state index >= 15 is 0 Å². The van der Waals surface area contributed by atoms with Gasteiger partial charge < -0.3 is 21.3 Å². The number of nitrogens with zero attached hydrogens (tertiary/aromatic N) is 1. The smallest absolute Gasteiger partial charge is 0.335 e. The molecule has 0 radical (unpaired) electrons. The van der Waals surface area contributed by atoms with Crippen molar-refractivity contribution in [2.24, 2.45) is 16.5 Å². The van der Waals surface area contributed by atoms with Crippen molar-refractivity contribution in [2.45, 2.75) is 19.4 Å². The molecule has 6 heteroatoms. The summed E-state index contributed by atoms with van der Waals surface area (Å²) in [4.78, 5) is 14.2. The molecule has 0 spiro atoms. The topological polar surface area (TPSA) is 111 Å². The van der Waals surface area contributed by atoms with Crippen LogP contribution in [0.2, 0.25) is 0 Å². The van der Waals surface area contributed by atoms with E-state index in [-0.39, 0.29) is 19.1 Å². The van der Waals surface area contributed by atoms with Crippen molar-refractivity contribution in [3.8, 4) is 0 Å². The summed E-state index contributed by atoms with van der Waals surface area (Å²) < 4.78 is 5.02. The SMILES string of the molecule is CC(C)(OCCN=C(N)N)C(=O)O. The Balaban J connectivity index is 3.77. The molecule has 0 fully saturated rings. The molecule has 13 heavy (non-hydrogen) atoms. The van der Waals surface area contributed by atoms with Gasteiger partial charge in [-0.05, 0) is 13.8 Å². The molecule has 76 valence electrons. The molecule has 5 N–H and O–H groups in total. The Morgan fingerprint density at radius 2 is 2.08 bits per heavy atom. The Hall–Kier alpha value is -1.30. The molecule has 0 heterocycles. The monoisotopic (exact) mass is 189 g/mol. The molecule has 0 aromatic carbocycles. The molecule has 6 nitrogen and oxygen atoms in total. The van der Waals surface area contributed by atoms with E-state index in [0.717, 1.165) is 0 Å². The van der Waals surface area contributed by atoms with Crippen molar-refractivity contribution >= 4 is 11.9 Å². The number of carbonyl (C=O) groups is 1. The van der Waals surface area contributed by atoms with Gasteiger partial charge in [0.2, 0.25) is 0 Å². The lowest BCUT2D eigenvalue weighted by Gasteiger charge is -2.19. The zero-order valence-electron chi connectivity index (χ0n) is 7.78. The first kappa shape index (κ1) is 11.7. The standard InChI is InChI=1S/C7H15N3O3/c1-7(2,5(11)12)13-4-3-10-6(8)9/h3-4H2,1-2H3,(H,11,12)(H4,8,9,10). The lowest BCUT2D eigenvalue weighted by atomic mass is 10.1. The molecule has 0 saturated carbocycles. The number of guanidine groups is 1. The van der Waals surface area contributed by atoms with Crippen LogP contribution < -0.4 is 11.5 Å². The molecule has 0 amide bonds. The summed E-state index contributed by atoms with van der Waals surface area (Å²) in [5, 5.41) is 8.64. The van der Waals surface area contributed by atoms with Gasteiger partial charge in [0.1, 0.15) is 0 Å². The van der Waals surface area contributed by atoms with Crippen molar-refractivity contribution in [3.63, 3.8) is 0 Å². The molecule has 0 aliphatic carbocycles. The minimum atomic E-state index is -1.20. The molecule has 0 unspecified atom stereocenters. The van der Waals surface area contributed by atoms with E-state index in [0.29, 0.717) is 0 Å². The van der Waals surface area contributed by atoms with E-state index in [9.17, 15) is 4.79 Å². The first-order valence-electron chi connectivity index (χ1n) is 3.79. The van der Waals surface area contributed by atoms with Crippen LogP contribution in [0.15, 0.2) is 4.99 Å². The average molecular weight is 189 g/mol. The van der Waals surface area contributed by atoms with Gasteiger partial charge in [-0.1, -0.05) is 0 Å². The number of ether oxygens (including phenoxy) is 1. The van der Waals surface area contributed by atoms with Crippen LogP contribution in [0.4, 0.5) is 0 Å². The van der Waals surface area contributed by atoms with Gasteiger partial charge in [0.25, 0.3) is 0 Å². The van der Waals surface area contributed by atoms with E-state index in [4.69, 9.17) is 21.3 Å². The van der Waals surface area contributed by atoms with Crippen LogP contribution in [0.3, 0.4) is 0 Å². The third-order valence-electron chi connectivity index (χ3n) is 1.36. The summed E-state index contributed by atoms with van der Waals surface area (Å²) in [6.45, 7) is 3.37. The first-order chi connectivity index (χ1) is 5.86. The second-order valence-electron chi connectivity index (χ2n) is 2.97. The number of aliphatic imine (C=N–C) groups is 1. The molecule has 0 aromatic rings. The Labute approximate surface area is 76.6 Å². The van der Waals surface area contributed by atoms with E-state index in [2.05, 4.69) is 4.99 Å². The fourth-order valence-electron chi connectivity index (χ4n) is 0.537. The summed E-state index contributed by atoms with van der Waals surface area (Å²) >= 11 is 0. The quantitative estimate of drug-likeness (QED) is 0.296. The minimum Gasteiger partial charge on any atom is -0.479 e. The molecule has 0 saturated heterocycles. The number of rotatable bonds is 5. The molecule has 0 aliphatic rings. The summed E-state index contributed by atoms with van der Waals surface area (Å²) in [5.74, 6) is -1.05. The fourth-order valence-corrected chi connectivity index (χ4v) is 0.537. The molecule has 0 aliphatic heterocycles. The summed E-state index contributed by atoms with van der Waals surface area (Å²) in [6, 6.07) is 0. The number of nitrogens with two attached hydrogens (primary N) is 2. The number of hydrogen-bond acceptors (Lipinski definition) is 3. The van der Waals surface area contributed by atoms with Gasteiger partial charge in [0.15, 0.2) is 11.6 Å². The second kappa shape index (κ2) is 4.66. The van der Waals surface area contributed by atoms with E-state index in [1.165, 1.54) is 13.8 Å². The second-order valence-corrected chi connectivity index (χ2v) is 2.97. The maximum Gasteiger partial charge on any atom is 0.335 e. The van der Waals surface area contributed by atoms with Gasteiger partial charge in [-0.2, -0.15) is 0 Å². The third-order valence-corrected chi connectivity index (χ3v) is 1.36. The number of carboxylic acids is 1. The highest BCUT2D eigenvalue weighted by atomic mass is 16.5. The third kappa shape index (κ3) is 5.02. The van der Waals surface area contributed by atoms with Gasteiger partial charge >= 0.3 is 5.97 Å². The highest BCUT2D eigenvalue weighted by molar-refractivity contribution is 5.76. The maximum atomic E-state index is 10.5. The summed E-state index contributed by atoms with van der Waals surface area (Å²) in [6.07, 6.45) is 0. The molecule has 0 aromatic heterocycles.